The van der Waals surface area contributed by atoms with Gasteiger partial charge in [0.25, 0.3) is 0 Å². The maximum absolute atomic E-state index is 10.9. The molecule has 1 fully saturated rings. The molecule has 12 heavy (non-hydrogen) atoms. The summed E-state index contributed by atoms with van der Waals surface area (Å²) in [5.74, 6) is 0.0925. The lowest BCUT2D eigenvalue weighted by Crippen LogP contribution is -2.38. The summed E-state index contributed by atoms with van der Waals surface area (Å²) in [4.78, 5) is 21.2. The van der Waals surface area contributed by atoms with Gasteiger partial charge in [0.2, 0.25) is 5.54 Å². The third-order valence-electron chi connectivity index (χ3n) is 2.72. The number of hydrogen-bond donors (Lipinski definition) is 0. The van der Waals surface area contributed by atoms with E-state index in [1.54, 1.807) is 13.8 Å². The highest BCUT2D eigenvalue weighted by molar-refractivity contribution is 5.80. The quantitative estimate of drug-likeness (QED) is 0.466. The van der Waals surface area contributed by atoms with Gasteiger partial charge in [-0.3, -0.25) is 14.9 Å². The molecule has 1 rings (SSSR count). The van der Waals surface area contributed by atoms with Gasteiger partial charge in [-0.1, -0.05) is 0 Å². The van der Waals surface area contributed by atoms with Crippen LogP contribution < -0.4 is 0 Å². The van der Waals surface area contributed by atoms with Crippen molar-refractivity contribution in [2.24, 2.45) is 5.92 Å². The predicted molar refractivity (Wildman–Crippen MR) is 43.4 cm³/mol. The van der Waals surface area contributed by atoms with Crippen LogP contribution in [0, 0.1) is 16.0 Å². The van der Waals surface area contributed by atoms with Gasteiger partial charge < -0.3 is 0 Å². The van der Waals surface area contributed by atoms with E-state index in [-0.39, 0.29) is 16.6 Å². The Labute approximate surface area is 71.1 Å². The number of Topliss-reactive ketones (excluding diaryl/α,β-unsaturated/α-hetero) is 1. The minimum atomic E-state index is -0.938. The van der Waals surface area contributed by atoms with E-state index in [0.29, 0.717) is 19.3 Å². The van der Waals surface area contributed by atoms with Gasteiger partial charge in [-0.05, 0) is 6.42 Å². The molecule has 0 radical (unpaired) electrons. The fraction of sp³-hybridized carbons (Fsp3) is 0.875. The summed E-state index contributed by atoms with van der Waals surface area (Å²) in [6.07, 6.45) is 1.57. The second-order valence-electron chi connectivity index (χ2n) is 3.89. The minimum Gasteiger partial charge on any atom is -0.300 e. The van der Waals surface area contributed by atoms with Crippen LogP contribution in [0.2, 0.25) is 0 Å². The molecule has 0 heterocycles. The molecule has 4 heteroatoms. The van der Waals surface area contributed by atoms with Crippen molar-refractivity contribution < 1.29 is 9.72 Å². The largest absolute Gasteiger partial charge is 0.300 e. The van der Waals surface area contributed by atoms with Gasteiger partial charge in [-0.2, -0.15) is 0 Å². The van der Waals surface area contributed by atoms with Crippen molar-refractivity contribution in [3.05, 3.63) is 10.1 Å². The molecule has 1 atom stereocenters. The van der Waals surface area contributed by atoms with Crippen LogP contribution in [0.25, 0.3) is 0 Å². The van der Waals surface area contributed by atoms with Crippen LogP contribution in [0.15, 0.2) is 0 Å². The molecule has 0 bridgehead atoms. The first-order valence-corrected chi connectivity index (χ1v) is 4.11. The molecule has 1 saturated carbocycles. The molecule has 1 aliphatic carbocycles. The number of ketones is 1. The van der Waals surface area contributed by atoms with E-state index >= 15 is 0 Å². The van der Waals surface area contributed by atoms with E-state index < -0.39 is 5.54 Å². The first kappa shape index (κ1) is 9.16. The summed E-state index contributed by atoms with van der Waals surface area (Å²) in [5.41, 5.74) is -0.938. The zero-order chi connectivity index (χ0) is 9.35. The van der Waals surface area contributed by atoms with E-state index in [4.69, 9.17) is 0 Å². The SMILES string of the molecule is CC(C)([C@@H]1CCC(=O)C1)[N+](=O)[O-]. The van der Waals surface area contributed by atoms with Crippen molar-refractivity contribution in [1.82, 2.24) is 0 Å². The van der Waals surface area contributed by atoms with Crippen LogP contribution >= 0.6 is 0 Å². The highest BCUT2D eigenvalue weighted by atomic mass is 16.6. The Bertz CT molecular complexity index is 222. The molecule has 0 N–H and O–H groups in total. The number of hydrogen-bond acceptors (Lipinski definition) is 3. The van der Waals surface area contributed by atoms with Gasteiger partial charge in [0.15, 0.2) is 0 Å². The highest BCUT2D eigenvalue weighted by Crippen LogP contribution is 2.33. The Balaban J connectivity index is 2.70. The Morgan fingerprint density at radius 1 is 1.58 bits per heavy atom. The number of nitrogens with zero attached hydrogens (tertiary/aromatic N) is 1. The average molecular weight is 171 g/mol. The average Bonchev–Trinajstić information content (AvgIpc) is 2.35. The Hall–Kier alpha value is -0.930. The molecule has 0 aromatic heterocycles. The smallest absolute Gasteiger partial charge is 0.220 e. The van der Waals surface area contributed by atoms with Gasteiger partial charge in [0.1, 0.15) is 5.78 Å². The molecule has 0 aromatic carbocycles. The van der Waals surface area contributed by atoms with Gasteiger partial charge in [-0.15, -0.1) is 0 Å². The lowest BCUT2D eigenvalue weighted by Gasteiger charge is -2.21. The van der Waals surface area contributed by atoms with Crippen molar-refractivity contribution >= 4 is 5.78 Å². The molecular weight excluding hydrogens is 158 g/mol. The first-order chi connectivity index (χ1) is 5.44. The van der Waals surface area contributed by atoms with E-state index in [2.05, 4.69) is 0 Å². The summed E-state index contributed by atoms with van der Waals surface area (Å²) in [6, 6.07) is 0. The van der Waals surface area contributed by atoms with E-state index in [1.165, 1.54) is 0 Å². The van der Waals surface area contributed by atoms with Gasteiger partial charge in [-0.25, -0.2) is 0 Å². The molecular formula is C8H13NO3. The second-order valence-corrected chi connectivity index (χ2v) is 3.89. The van der Waals surface area contributed by atoms with Crippen LogP contribution in [0.4, 0.5) is 0 Å². The number of rotatable bonds is 2. The van der Waals surface area contributed by atoms with E-state index in [0.717, 1.165) is 0 Å². The van der Waals surface area contributed by atoms with E-state index in [1.807, 2.05) is 0 Å². The van der Waals surface area contributed by atoms with Crippen molar-refractivity contribution in [2.45, 2.75) is 38.6 Å². The predicted octanol–water partition coefficient (Wildman–Crippen LogP) is 1.41. The fourth-order valence-corrected chi connectivity index (χ4v) is 1.57. The zero-order valence-corrected chi connectivity index (χ0v) is 7.37. The topological polar surface area (TPSA) is 60.2 Å². The molecule has 4 nitrogen and oxygen atoms in total. The Kier molecular flexibility index (Phi) is 2.17. The minimum absolute atomic E-state index is 0.0694. The van der Waals surface area contributed by atoms with Crippen molar-refractivity contribution in [3.63, 3.8) is 0 Å². The summed E-state index contributed by atoms with van der Waals surface area (Å²) < 4.78 is 0. The molecule has 0 aromatic rings. The standard InChI is InChI=1S/C8H13NO3/c1-8(2,9(11)12)6-3-4-7(10)5-6/h6H,3-5H2,1-2H3/t6-/m1/s1. The maximum atomic E-state index is 10.9. The molecule has 0 unspecified atom stereocenters. The number of carbonyl (C=O) groups is 1. The van der Waals surface area contributed by atoms with Gasteiger partial charge in [0.05, 0.1) is 0 Å². The summed E-state index contributed by atoms with van der Waals surface area (Å²) in [5, 5.41) is 10.6. The van der Waals surface area contributed by atoms with Crippen LogP contribution in [0.5, 0.6) is 0 Å². The van der Waals surface area contributed by atoms with E-state index in [9.17, 15) is 14.9 Å². The molecule has 68 valence electrons. The lowest BCUT2D eigenvalue weighted by atomic mass is 9.87. The van der Waals surface area contributed by atoms with Crippen molar-refractivity contribution in [2.75, 3.05) is 0 Å². The Morgan fingerprint density at radius 2 is 2.17 bits per heavy atom. The molecule has 0 saturated heterocycles. The van der Waals surface area contributed by atoms with Crippen molar-refractivity contribution in [1.29, 1.82) is 0 Å². The lowest BCUT2D eigenvalue weighted by molar-refractivity contribution is -0.571. The van der Waals surface area contributed by atoms with Crippen molar-refractivity contribution in [3.8, 4) is 0 Å². The number of carbonyl (C=O) groups excluding carboxylic acids is 1. The molecule has 1 aliphatic rings. The first-order valence-electron chi connectivity index (χ1n) is 4.11. The summed E-state index contributed by atoms with van der Waals surface area (Å²) >= 11 is 0. The molecule has 0 spiro atoms. The zero-order valence-electron chi connectivity index (χ0n) is 7.37. The summed E-state index contributed by atoms with van der Waals surface area (Å²) in [7, 11) is 0. The van der Waals surface area contributed by atoms with Crippen LogP contribution in [-0.4, -0.2) is 16.2 Å². The Morgan fingerprint density at radius 3 is 2.50 bits per heavy atom. The highest BCUT2D eigenvalue weighted by Gasteiger charge is 2.44. The van der Waals surface area contributed by atoms with Crippen LogP contribution in [-0.2, 0) is 4.79 Å². The fourth-order valence-electron chi connectivity index (χ4n) is 1.57. The van der Waals surface area contributed by atoms with Crippen LogP contribution in [0.3, 0.4) is 0 Å². The third-order valence-corrected chi connectivity index (χ3v) is 2.72. The summed E-state index contributed by atoms with van der Waals surface area (Å²) in [6.45, 7) is 3.19. The monoisotopic (exact) mass is 171 g/mol. The molecule has 0 amide bonds. The third kappa shape index (κ3) is 1.47. The second kappa shape index (κ2) is 2.84. The van der Waals surface area contributed by atoms with Gasteiger partial charge in [0, 0.05) is 37.5 Å². The van der Waals surface area contributed by atoms with Gasteiger partial charge >= 0.3 is 0 Å². The number of nitro groups is 1. The maximum Gasteiger partial charge on any atom is 0.220 e. The normalized spacial score (nSPS) is 24.5. The van der Waals surface area contributed by atoms with Crippen LogP contribution in [0.1, 0.15) is 33.1 Å². The molecule has 0 aliphatic heterocycles.